The molecule has 2 aliphatic rings. The number of rotatable bonds is 5. The molecular weight excluding hydrogens is 516 g/mol. The van der Waals surface area contributed by atoms with E-state index in [4.69, 9.17) is 0 Å². The Bertz CT molecular complexity index is 1750. The van der Waals surface area contributed by atoms with Crippen LogP contribution in [0.2, 0.25) is 0 Å². The highest BCUT2D eigenvalue weighted by atomic mass is 15.3. The molecule has 0 saturated carbocycles. The maximum Gasteiger partial charge on any atom is 0.0729 e. The molecule has 6 aromatic rings. The molecule has 2 aromatic heterocycles. The Labute approximate surface area is 246 Å². The van der Waals surface area contributed by atoms with Crippen LogP contribution in [0.4, 0.5) is 11.4 Å². The Balaban J connectivity index is 0.877. The summed E-state index contributed by atoms with van der Waals surface area (Å²) in [6.45, 7) is 10.9. The molecule has 2 fully saturated rings. The monoisotopic (exact) mass is 552 g/mol. The summed E-state index contributed by atoms with van der Waals surface area (Å²) in [5, 5.41) is 7.59. The number of piperazine rings is 2. The topological polar surface area (TPSA) is 38.7 Å². The van der Waals surface area contributed by atoms with E-state index >= 15 is 0 Å². The maximum atomic E-state index is 4.69. The Morgan fingerprint density at radius 3 is 1.24 bits per heavy atom. The lowest BCUT2D eigenvalue weighted by Gasteiger charge is -2.39. The largest absolute Gasteiger partial charge is 0.368 e. The van der Waals surface area contributed by atoms with Gasteiger partial charge in [0.1, 0.15) is 0 Å². The number of fused-ring (bicyclic) bond motifs is 4. The van der Waals surface area contributed by atoms with Crippen LogP contribution in [-0.2, 0) is 0 Å². The molecule has 2 aliphatic heterocycles. The van der Waals surface area contributed by atoms with Gasteiger partial charge in [-0.1, -0.05) is 48.5 Å². The minimum absolute atomic E-state index is 1.06. The molecule has 0 amide bonds. The third-order valence-electron chi connectivity index (χ3n) is 9.33. The van der Waals surface area contributed by atoms with Crippen molar-refractivity contribution in [1.82, 2.24) is 19.8 Å². The van der Waals surface area contributed by atoms with Crippen LogP contribution >= 0.6 is 0 Å². The highest BCUT2D eigenvalue weighted by Gasteiger charge is 2.22. The van der Waals surface area contributed by atoms with E-state index < -0.39 is 0 Å². The maximum absolute atomic E-state index is 4.69. The Morgan fingerprint density at radius 1 is 0.452 bits per heavy atom. The first-order chi connectivity index (χ1) is 20.8. The van der Waals surface area contributed by atoms with Gasteiger partial charge in [0, 0.05) is 100.0 Å². The first-order valence-electron chi connectivity index (χ1n) is 15.3. The van der Waals surface area contributed by atoms with Gasteiger partial charge in [0.2, 0.25) is 0 Å². The van der Waals surface area contributed by atoms with Crippen LogP contribution in [0, 0.1) is 0 Å². The predicted octanol–water partition coefficient (Wildman–Crippen LogP) is 6.03. The van der Waals surface area contributed by atoms with Crippen molar-refractivity contribution >= 4 is 54.7 Å². The van der Waals surface area contributed by atoms with Crippen LogP contribution in [0.1, 0.15) is 0 Å². The number of benzene rings is 4. The van der Waals surface area contributed by atoms with Crippen LogP contribution < -0.4 is 9.80 Å². The van der Waals surface area contributed by atoms with Gasteiger partial charge in [0.25, 0.3) is 0 Å². The van der Waals surface area contributed by atoms with Crippen molar-refractivity contribution in [2.45, 2.75) is 0 Å². The number of anilines is 2. The zero-order valence-electron chi connectivity index (χ0n) is 24.0. The SMILES string of the molecule is c1ccc2cc3c(N4CCN(CCN5CCN(c6ccnc7cc8ccccc8cc67)CC5)CC4)ccnc3cc2c1. The van der Waals surface area contributed by atoms with Gasteiger partial charge in [-0.3, -0.25) is 19.8 Å². The Morgan fingerprint density at radius 2 is 0.833 bits per heavy atom. The molecule has 0 aliphatic carbocycles. The first kappa shape index (κ1) is 25.5. The highest BCUT2D eigenvalue weighted by Crippen LogP contribution is 2.31. The lowest BCUT2D eigenvalue weighted by atomic mass is 10.1. The quantitative estimate of drug-likeness (QED) is 0.243. The minimum Gasteiger partial charge on any atom is -0.368 e. The number of pyridine rings is 2. The third-order valence-corrected chi connectivity index (χ3v) is 9.33. The molecule has 210 valence electrons. The zero-order valence-corrected chi connectivity index (χ0v) is 24.0. The van der Waals surface area contributed by atoms with Gasteiger partial charge < -0.3 is 9.80 Å². The predicted molar refractivity (Wildman–Crippen MR) is 176 cm³/mol. The molecule has 0 radical (unpaired) electrons. The summed E-state index contributed by atoms with van der Waals surface area (Å²) in [5.74, 6) is 0. The second kappa shape index (κ2) is 10.9. The highest BCUT2D eigenvalue weighted by molar-refractivity contribution is 6.03. The standard InChI is InChI=1S/C36H36N6/c1-3-7-29-25-33-31(23-27(29)5-1)35(9-11-37-33)41-19-15-39(16-20-41)13-14-40-17-21-42(22-18-40)36-10-12-38-34-26-30-8-4-2-6-28(30)24-32(34)36/h1-12,23-26H,13-22H2. The van der Waals surface area contributed by atoms with Crippen molar-refractivity contribution in [3.8, 4) is 0 Å². The smallest absolute Gasteiger partial charge is 0.0729 e. The van der Waals surface area contributed by atoms with E-state index in [-0.39, 0.29) is 0 Å². The third kappa shape index (κ3) is 4.81. The fourth-order valence-electron chi connectivity index (χ4n) is 6.90. The Kier molecular flexibility index (Phi) is 6.58. The molecule has 42 heavy (non-hydrogen) atoms. The summed E-state index contributed by atoms with van der Waals surface area (Å²) in [5.41, 5.74) is 4.80. The van der Waals surface area contributed by atoms with E-state index in [9.17, 15) is 0 Å². The normalized spacial score (nSPS) is 17.1. The molecule has 0 bridgehead atoms. The number of hydrogen-bond acceptors (Lipinski definition) is 6. The van der Waals surface area contributed by atoms with Crippen LogP contribution in [-0.4, -0.2) is 85.2 Å². The molecule has 8 rings (SSSR count). The van der Waals surface area contributed by atoms with Crippen molar-refractivity contribution in [3.05, 3.63) is 97.3 Å². The molecule has 6 nitrogen and oxygen atoms in total. The van der Waals surface area contributed by atoms with Crippen molar-refractivity contribution in [3.63, 3.8) is 0 Å². The van der Waals surface area contributed by atoms with Gasteiger partial charge in [-0.25, -0.2) is 0 Å². The van der Waals surface area contributed by atoms with Gasteiger partial charge in [0.15, 0.2) is 0 Å². The van der Waals surface area contributed by atoms with Crippen molar-refractivity contribution < 1.29 is 0 Å². The van der Waals surface area contributed by atoms with E-state index in [1.807, 2.05) is 12.4 Å². The first-order valence-corrected chi connectivity index (χ1v) is 15.3. The Hall–Kier alpha value is -4.26. The fourth-order valence-corrected chi connectivity index (χ4v) is 6.90. The van der Waals surface area contributed by atoms with Gasteiger partial charge in [-0.15, -0.1) is 0 Å². The van der Waals surface area contributed by atoms with Crippen molar-refractivity contribution in [2.75, 3.05) is 75.2 Å². The fraction of sp³-hybridized carbons (Fsp3) is 0.278. The molecule has 6 heteroatoms. The summed E-state index contributed by atoms with van der Waals surface area (Å²) in [6.07, 6.45) is 3.94. The summed E-state index contributed by atoms with van der Waals surface area (Å²) in [7, 11) is 0. The lowest BCUT2D eigenvalue weighted by molar-refractivity contribution is 0.190. The molecule has 4 heterocycles. The number of hydrogen-bond donors (Lipinski definition) is 0. The van der Waals surface area contributed by atoms with E-state index in [0.29, 0.717) is 0 Å². The summed E-state index contributed by atoms with van der Waals surface area (Å²) >= 11 is 0. The summed E-state index contributed by atoms with van der Waals surface area (Å²) in [4.78, 5) is 19.8. The van der Waals surface area contributed by atoms with Crippen LogP contribution in [0.3, 0.4) is 0 Å². The molecule has 0 spiro atoms. The van der Waals surface area contributed by atoms with E-state index in [1.165, 1.54) is 43.7 Å². The second-order valence-corrected chi connectivity index (χ2v) is 11.8. The molecule has 0 atom stereocenters. The van der Waals surface area contributed by atoms with Crippen molar-refractivity contribution in [2.24, 2.45) is 0 Å². The average molecular weight is 553 g/mol. The molecular formula is C36H36N6. The van der Waals surface area contributed by atoms with Gasteiger partial charge >= 0.3 is 0 Å². The summed E-state index contributed by atoms with van der Waals surface area (Å²) in [6, 6.07) is 30.6. The number of nitrogens with zero attached hydrogens (tertiary/aromatic N) is 6. The molecule has 0 unspecified atom stereocenters. The van der Waals surface area contributed by atoms with Crippen LogP contribution in [0.15, 0.2) is 97.3 Å². The second-order valence-electron chi connectivity index (χ2n) is 11.8. The zero-order chi connectivity index (χ0) is 27.9. The van der Waals surface area contributed by atoms with Gasteiger partial charge in [-0.2, -0.15) is 0 Å². The van der Waals surface area contributed by atoms with E-state index in [1.54, 1.807) is 0 Å². The van der Waals surface area contributed by atoms with Gasteiger partial charge in [-0.05, 0) is 57.9 Å². The van der Waals surface area contributed by atoms with Crippen LogP contribution in [0.5, 0.6) is 0 Å². The van der Waals surface area contributed by atoms with Gasteiger partial charge in [0.05, 0.1) is 11.0 Å². The van der Waals surface area contributed by atoms with Crippen LogP contribution in [0.25, 0.3) is 43.4 Å². The van der Waals surface area contributed by atoms with E-state index in [0.717, 1.165) is 76.5 Å². The molecule has 2 saturated heterocycles. The molecule has 0 N–H and O–H groups in total. The summed E-state index contributed by atoms with van der Waals surface area (Å²) < 4.78 is 0. The average Bonchev–Trinajstić information content (AvgIpc) is 3.05. The number of aromatic nitrogens is 2. The minimum atomic E-state index is 1.06. The molecule has 4 aromatic carbocycles. The lowest BCUT2D eigenvalue weighted by Crippen LogP contribution is -2.51. The van der Waals surface area contributed by atoms with Crippen molar-refractivity contribution in [1.29, 1.82) is 0 Å². The van der Waals surface area contributed by atoms with E-state index in [2.05, 4.69) is 114 Å².